The van der Waals surface area contributed by atoms with Crippen molar-refractivity contribution < 1.29 is 4.79 Å². The molecular weight excluding hydrogens is 292 g/mol. The number of nitrogens with zero attached hydrogens (tertiary/aromatic N) is 3. The van der Waals surface area contributed by atoms with Crippen molar-refractivity contribution in [2.24, 2.45) is 7.05 Å². The molecule has 0 spiro atoms. The molecule has 1 atom stereocenters. The van der Waals surface area contributed by atoms with Crippen molar-refractivity contribution in [1.29, 1.82) is 0 Å². The fraction of sp³-hybridized carbons (Fsp3) is 0.312. The number of H-pyrrole nitrogens is 1. The van der Waals surface area contributed by atoms with E-state index in [-0.39, 0.29) is 12.1 Å². The number of nitrogens with one attached hydrogen (secondary N) is 3. The minimum Gasteiger partial charge on any atom is -0.344 e. The number of aromatic nitrogens is 4. The Morgan fingerprint density at radius 1 is 1.39 bits per heavy atom. The van der Waals surface area contributed by atoms with Gasteiger partial charge in [-0.15, -0.1) is 0 Å². The molecule has 0 aliphatic carbocycles. The highest BCUT2D eigenvalue weighted by atomic mass is 16.2. The predicted molar refractivity (Wildman–Crippen MR) is 89.2 cm³/mol. The first-order chi connectivity index (χ1) is 11.1. The third kappa shape index (κ3) is 3.18. The van der Waals surface area contributed by atoms with Crippen LogP contribution < -0.4 is 10.6 Å². The van der Waals surface area contributed by atoms with Crippen LogP contribution in [0.25, 0.3) is 10.9 Å². The smallest absolute Gasteiger partial charge is 0.319 e. The number of hydrogen-bond donors (Lipinski definition) is 3. The summed E-state index contributed by atoms with van der Waals surface area (Å²) in [6, 6.07) is 5.30. The highest BCUT2D eigenvalue weighted by Gasteiger charge is 2.15. The Morgan fingerprint density at radius 3 is 2.91 bits per heavy atom. The number of carbonyl (C=O) groups excluding carboxylic acids is 1. The van der Waals surface area contributed by atoms with Gasteiger partial charge in [0.2, 0.25) is 0 Å². The zero-order chi connectivity index (χ0) is 16.4. The summed E-state index contributed by atoms with van der Waals surface area (Å²) in [5.41, 5.74) is 2.67. The number of urea groups is 1. The zero-order valence-corrected chi connectivity index (χ0v) is 13.4. The lowest BCUT2D eigenvalue weighted by atomic mass is 10.2. The number of aromatic amines is 1. The van der Waals surface area contributed by atoms with E-state index >= 15 is 0 Å². The number of anilines is 1. The monoisotopic (exact) mass is 312 g/mol. The lowest BCUT2D eigenvalue weighted by Gasteiger charge is -2.15. The van der Waals surface area contributed by atoms with Gasteiger partial charge in [0.15, 0.2) is 0 Å². The molecule has 120 valence electrons. The summed E-state index contributed by atoms with van der Waals surface area (Å²) in [7, 11) is 1.87. The maximum Gasteiger partial charge on any atom is 0.319 e. The molecule has 3 rings (SSSR count). The molecule has 2 amide bonds. The number of aryl methyl sites for hydroxylation is 2. The van der Waals surface area contributed by atoms with E-state index in [0.717, 1.165) is 34.5 Å². The lowest BCUT2D eigenvalue weighted by Crippen LogP contribution is -2.32. The lowest BCUT2D eigenvalue weighted by molar-refractivity contribution is 0.247. The average Bonchev–Trinajstić information content (AvgIpc) is 3.12. The van der Waals surface area contributed by atoms with Gasteiger partial charge < -0.3 is 15.6 Å². The van der Waals surface area contributed by atoms with Crippen molar-refractivity contribution in [1.82, 2.24) is 25.1 Å². The van der Waals surface area contributed by atoms with E-state index in [2.05, 4.69) is 25.7 Å². The number of fused-ring (bicyclic) bond motifs is 1. The van der Waals surface area contributed by atoms with Crippen LogP contribution in [0.15, 0.2) is 30.6 Å². The largest absolute Gasteiger partial charge is 0.344 e. The molecule has 2 heterocycles. The number of hydrogen-bond acceptors (Lipinski definition) is 3. The molecule has 3 N–H and O–H groups in total. The molecule has 1 aromatic carbocycles. The van der Waals surface area contributed by atoms with Crippen molar-refractivity contribution in [2.45, 2.75) is 26.3 Å². The van der Waals surface area contributed by atoms with E-state index in [1.165, 1.54) is 0 Å². The average molecular weight is 312 g/mol. The number of rotatable bonds is 4. The van der Waals surface area contributed by atoms with Crippen LogP contribution in [0, 0.1) is 6.92 Å². The van der Waals surface area contributed by atoms with E-state index in [0.29, 0.717) is 0 Å². The van der Waals surface area contributed by atoms with Gasteiger partial charge in [0.25, 0.3) is 0 Å². The van der Waals surface area contributed by atoms with E-state index < -0.39 is 0 Å². The number of benzene rings is 1. The van der Waals surface area contributed by atoms with Crippen LogP contribution in [0.5, 0.6) is 0 Å². The molecule has 3 aromatic rings. The minimum absolute atomic E-state index is 0.149. The molecular formula is C16H20N6O. The summed E-state index contributed by atoms with van der Waals surface area (Å²) in [6.07, 6.45) is 4.31. The molecule has 0 saturated heterocycles. The van der Waals surface area contributed by atoms with Crippen molar-refractivity contribution in [2.75, 3.05) is 5.32 Å². The topological polar surface area (TPSA) is 87.6 Å². The molecule has 2 aromatic heterocycles. The normalized spacial score (nSPS) is 12.3. The molecule has 0 radical (unpaired) electrons. The third-order valence-electron chi connectivity index (χ3n) is 3.77. The van der Waals surface area contributed by atoms with Crippen molar-refractivity contribution >= 4 is 22.6 Å². The maximum atomic E-state index is 12.2. The standard InChI is InChI=1S/C16H20N6O/c1-4-13(15-17-8-10(2)19-15)21-16(23)20-12-6-5-11-9-18-22(3)14(11)7-12/h5-9,13H,4H2,1-3H3,(H,17,19)(H2,20,21,23). The second kappa shape index (κ2) is 6.12. The van der Waals surface area contributed by atoms with E-state index in [9.17, 15) is 4.79 Å². The summed E-state index contributed by atoms with van der Waals surface area (Å²) in [5, 5.41) is 11.0. The predicted octanol–water partition coefficient (Wildman–Crippen LogP) is 2.88. The summed E-state index contributed by atoms with van der Waals surface area (Å²) in [5.74, 6) is 0.766. The highest BCUT2D eigenvalue weighted by Crippen LogP contribution is 2.19. The molecule has 0 aliphatic heterocycles. The van der Waals surface area contributed by atoms with Gasteiger partial charge in [-0.3, -0.25) is 4.68 Å². The summed E-state index contributed by atoms with van der Waals surface area (Å²) in [4.78, 5) is 19.7. The van der Waals surface area contributed by atoms with Crippen molar-refractivity contribution in [3.8, 4) is 0 Å². The number of carbonyl (C=O) groups is 1. The summed E-state index contributed by atoms with van der Waals surface area (Å²) in [6.45, 7) is 3.94. The Labute approximate surface area is 134 Å². The fourth-order valence-corrected chi connectivity index (χ4v) is 2.52. The second-order valence-corrected chi connectivity index (χ2v) is 5.55. The number of amides is 2. The van der Waals surface area contributed by atoms with Crippen LogP contribution in [0.1, 0.15) is 30.9 Å². The molecule has 0 aliphatic rings. The first-order valence-electron chi connectivity index (χ1n) is 7.57. The molecule has 7 nitrogen and oxygen atoms in total. The first kappa shape index (κ1) is 15.1. The van der Waals surface area contributed by atoms with E-state index in [1.807, 2.05) is 39.1 Å². The van der Waals surface area contributed by atoms with Crippen LogP contribution in [-0.2, 0) is 7.05 Å². The SMILES string of the molecule is CCC(NC(=O)Nc1ccc2cnn(C)c2c1)c1ncc(C)[nH]1. The van der Waals surface area contributed by atoms with Crippen LogP contribution in [-0.4, -0.2) is 25.8 Å². The van der Waals surface area contributed by atoms with Crippen LogP contribution in [0.4, 0.5) is 10.5 Å². The summed E-state index contributed by atoms with van der Waals surface area (Å²) >= 11 is 0. The van der Waals surface area contributed by atoms with Crippen LogP contribution in [0.3, 0.4) is 0 Å². The van der Waals surface area contributed by atoms with Gasteiger partial charge in [0.1, 0.15) is 5.82 Å². The molecule has 1 unspecified atom stereocenters. The Kier molecular flexibility index (Phi) is 4.01. The van der Waals surface area contributed by atoms with Crippen molar-refractivity contribution in [3.63, 3.8) is 0 Å². The molecule has 0 fully saturated rings. The Balaban J connectivity index is 1.71. The van der Waals surface area contributed by atoms with Gasteiger partial charge in [0.05, 0.1) is 17.8 Å². The first-order valence-corrected chi connectivity index (χ1v) is 7.57. The van der Waals surface area contributed by atoms with Gasteiger partial charge in [-0.05, 0) is 31.5 Å². The molecule has 7 heteroatoms. The van der Waals surface area contributed by atoms with Gasteiger partial charge in [-0.1, -0.05) is 6.92 Å². The molecule has 23 heavy (non-hydrogen) atoms. The third-order valence-corrected chi connectivity index (χ3v) is 3.77. The van der Waals surface area contributed by atoms with Crippen LogP contribution in [0.2, 0.25) is 0 Å². The Hall–Kier alpha value is -2.83. The number of imidazole rings is 1. The quantitative estimate of drug-likeness (QED) is 0.692. The van der Waals surface area contributed by atoms with E-state index in [1.54, 1.807) is 17.1 Å². The van der Waals surface area contributed by atoms with Crippen molar-refractivity contribution in [3.05, 3.63) is 42.1 Å². The highest BCUT2D eigenvalue weighted by molar-refractivity contribution is 5.92. The Bertz CT molecular complexity index is 834. The van der Waals surface area contributed by atoms with Gasteiger partial charge in [-0.2, -0.15) is 5.10 Å². The summed E-state index contributed by atoms with van der Waals surface area (Å²) < 4.78 is 1.78. The molecule has 0 bridgehead atoms. The van der Waals surface area contributed by atoms with E-state index in [4.69, 9.17) is 0 Å². The van der Waals surface area contributed by atoms with Gasteiger partial charge >= 0.3 is 6.03 Å². The zero-order valence-electron chi connectivity index (χ0n) is 13.4. The fourth-order valence-electron chi connectivity index (χ4n) is 2.52. The molecule has 0 saturated carbocycles. The minimum atomic E-state index is -0.257. The van der Waals surface area contributed by atoms with Gasteiger partial charge in [-0.25, -0.2) is 9.78 Å². The maximum absolute atomic E-state index is 12.2. The second-order valence-electron chi connectivity index (χ2n) is 5.55. The Morgan fingerprint density at radius 2 is 2.22 bits per heavy atom. The van der Waals surface area contributed by atoms with Gasteiger partial charge in [0, 0.05) is 30.0 Å². The van der Waals surface area contributed by atoms with Crippen LogP contribution >= 0.6 is 0 Å².